The molecule has 0 N–H and O–H groups in total. The zero-order chi connectivity index (χ0) is 39.9. The van der Waals surface area contributed by atoms with Crippen molar-refractivity contribution in [2.45, 2.75) is 92.4 Å². The minimum Gasteiger partial charge on any atom is -0.456 e. The Kier molecular flexibility index (Phi) is 7.82. The molecular weight excluding hydrogens is 711 g/mol. The Bertz CT molecular complexity index is 2830. The van der Waals surface area contributed by atoms with E-state index in [1.807, 2.05) is 11.3 Å². The van der Waals surface area contributed by atoms with Crippen LogP contribution >= 0.6 is 11.3 Å². The van der Waals surface area contributed by atoms with Crippen LogP contribution in [0.15, 0.2) is 130 Å². The predicted molar refractivity (Wildman–Crippen MR) is 247 cm³/mol. The zero-order valence-electron chi connectivity index (χ0n) is 35.3. The van der Waals surface area contributed by atoms with E-state index in [1.165, 1.54) is 87.4 Å². The van der Waals surface area contributed by atoms with Crippen molar-refractivity contribution in [2.24, 2.45) is 11.8 Å². The van der Waals surface area contributed by atoms with E-state index in [0.29, 0.717) is 5.92 Å². The Hall–Kier alpha value is -5.00. The van der Waals surface area contributed by atoms with E-state index in [9.17, 15) is 0 Å². The lowest BCUT2D eigenvalue weighted by Crippen LogP contribution is -2.57. The minimum atomic E-state index is 0.0254. The van der Waals surface area contributed by atoms with E-state index in [2.05, 4.69) is 195 Å². The van der Waals surface area contributed by atoms with Gasteiger partial charge in [-0.25, -0.2) is 0 Å². The van der Waals surface area contributed by atoms with Gasteiger partial charge in [-0.1, -0.05) is 137 Å². The second-order valence-electron chi connectivity index (χ2n) is 19.9. The van der Waals surface area contributed by atoms with Crippen LogP contribution < -0.4 is 20.0 Å². The molecule has 286 valence electrons. The molecule has 5 heteroatoms. The molecule has 5 aromatic carbocycles. The van der Waals surface area contributed by atoms with Gasteiger partial charge >= 0.3 is 0 Å². The molecule has 2 aliphatic heterocycles. The second-order valence-corrected chi connectivity index (χ2v) is 21.0. The topological polar surface area (TPSA) is 19.6 Å². The highest BCUT2D eigenvalue weighted by Gasteiger charge is 2.50. The number of hydrogen-bond donors (Lipinski definition) is 0. The molecule has 0 saturated carbocycles. The summed E-state index contributed by atoms with van der Waals surface area (Å²) in [5.41, 5.74) is 16.5. The third-order valence-corrected chi connectivity index (χ3v) is 14.3. The highest BCUT2D eigenvalue weighted by Crippen LogP contribution is 2.54. The van der Waals surface area contributed by atoms with Gasteiger partial charge in [0, 0.05) is 48.9 Å². The number of furan rings is 1. The van der Waals surface area contributed by atoms with Gasteiger partial charge in [0.05, 0.1) is 16.8 Å². The smallest absolute Gasteiger partial charge is 0.264 e. The van der Waals surface area contributed by atoms with E-state index in [1.54, 1.807) is 0 Å². The first kappa shape index (κ1) is 36.4. The fraction of sp³-hybridized carbons (Fsp3) is 0.308. The molecule has 2 aromatic heterocycles. The zero-order valence-corrected chi connectivity index (χ0v) is 36.2. The van der Waals surface area contributed by atoms with Gasteiger partial charge in [0.1, 0.15) is 11.2 Å². The van der Waals surface area contributed by atoms with Crippen LogP contribution in [-0.4, -0.2) is 6.71 Å². The molecule has 57 heavy (non-hydrogen) atoms. The minimum absolute atomic E-state index is 0.0254. The number of fused-ring (bicyclic) bond motifs is 10. The van der Waals surface area contributed by atoms with Gasteiger partial charge in [0.25, 0.3) is 6.71 Å². The highest BCUT2D eigenvalue weighted by molar-refractivity contribution is 7.32. The first-order valence-corrected chi connectivity index (χ1v) is 21.6. The molecule has 0 fully saturated rings. The molecule has 10 rings (SSSR count). The van der Waals surface area contributed by atoms with Crippen LogP contribution in [0.1, 0.15) is 92.9 Å². The Morgan fingerprint density at radius 3 is 1.82 bits per heavy atom. The summed E-state index contributed by atoms with van der Waals surface area (Å²) in [5, 5.41) is 3.70. The monoisotopic (exact) mass is 764 g/mol. The van der Waals surface area contributed by atoms with Crippen molar-refractivity contribution in [2.75, 3.05) is 9.80 Å². The molecule has 0 bridgehead atoms. The molecule has 0 radical (unpaired) electrons. The maximum atomic E-state index is 6.67. The average Bonchev–Trinajstić information content (AvgIpc) is 3.74. The van der Waals surface area contributed by atoms with Gasteiger partial charge in [-0.15, -0.1) is 11.3 Å². The van der Waals surface area contributed by atoms with Crippen LogP contribution in [0.5, 0.6) is 0 Å². The van der Waals surface area contributed by atoms with Crippen LogP contribution in [-0.2, 0) is 16.2 Å². The number of hydrogen-bond acceptors (Lipinski definition) is 4. The summed E-state index contributed by atoms with van der Waals surface area (Å²) >= 11 is 1.98. The van der Waals surface area contributed by atoms with Gasteiger partial charge in [0.15, 0.2) is 0 Å². The Morgan fingerprint density at radius 1 is 0.596 bits per heavy atom. The van der Waals surface area contributed by atoms with Crippen molar-refractivity contribution in [1.29, 1.82) is 0 Å². The fourth-order valence-electron chi connectivity index (χ4n) is 9.63. The van der Waals surface area contributed by atoms with E-state index in [-0.39, 0.29) is 28.9 Å². The third kappa shape index (κ3) is 5.44. The summed E-state index contributed by atoms with van der Waals surface area (Å²) in [6.07, 6.45) is 2.59. The molecular formula is C52H53BN2OS. The molecule has 7 aromatic rings. The van der Waals surface area contributed by atoms with E-state index >= 15 is 0 Å². The number of anilines is 4. The lowest BCUT2D eigenvalue weighted by Gasteiger charge is -2.49. The number of nitrogens with zero attached hydrogens (tertiary/aromatic N) is 2. The average molecular weight is 765 g/mol. The van der Waals surface area contributed by atoms with Gasteiger partial charge in [-0.3, -0.25) is 0 Å². The van der Waals surface area contributed by atoms with Gasteiger partial charge in [-0.05, 0) is 98.3 Å². The summed E-state index contributed by atoms with van der Waals surface area (Å²) in [6, 6.07) is 39.3. The summed E-state index contributed by atoms with van der Waals surface area (Å²) < 4.78 is 9.42. The molecule has 2 atom stereocenters. The second kappa shape index (κ2) is 12.3. The van der Waals surface area contributed by atoms with E-state index in [0.717, 1.165) is 11.2 Å². The lowest BCUT2D eigenvalue weighted by atomic mass is 9.34. The number of benzene rings is 5. The van der Waals surface area contributed by atoms with Crippen LogP contribution in [0.3, 0.4) is 0 Å². The van der Waals surface area contributed by atoms with Crippen molar-refractivity contribution in [1.82, 2.24) is 0 Å². The van der Waals surface area contributed by atoms with Crippen LogP contribution in [0.25, 0.3) is 32.0 Å². The molecule has 4 heterocycles. The summed E-state index contributed by atoms with van der Waals surface area (Å²) in [5.74, 6) is 0.564. The highest BCUT2D eigenvalue weighted by atomic mass is 32.1. The first-order valence-electron chi connectivity index (χ1n) is 20.8. The summed E-state index contributed by atoms with van der Waals surface area (Å²) in [7, 11) is 0. The van der Waals surface area contributed by atoms with E-state index < -0.39 is 0 Å². The number of thiophene rings is 1. The molecule has 0 spiro atoms. The number of para-hydroxylation sites is 1. The summed E-state index contributed by atoms with van der Waals surface area (Å²) in [4.78, 5) is 5.28. The Labute approximate surface area is 342 Å². The standard InChI is InChI=1S/C52H53BN2OS/c1-30-28-40-45-46(31(30)2)55(36-23-18-33(19-24-36)51(6,7)8)48-39(25-26-42-44(48)37-14-12-13-15-41(37)56-42)53(45)49-47(38-29-34(52(9,10)11)20-27-43(38)57-49)54(40)35-21-16-32(17-22-35)50(3,4)5/h12-31H,1-11H3/t30?,31-/m0/s1. The Morgan fingerprint density at radius 2 is 1.19 bits per heavy atom. The molecule has 3 nitrogen and oxygen atoms in total. The van der Waals surface area contributed by atoms with Crippen LogP contribution in [0.2, 0.25) is 0 Å². The maximum Gasteiger partial charge on any atom is 0.264 e. The maximum absolute atomic E-state index is 6.67. The van der Waals surface area contributed by atoms with Gasteiger partial charge < -0.3 is 14.2 Å². The largest absolute Gasteiger partial charge is 0.456 e. The van der Waals surface area contributed by atoms with Crippen molar-refractivity contribution in [3.63, 3.8) is 0 Å². The SMILES string of the molecule is CC1C=C2C3=C([C@H]1C)N(c1ccc(C(C)(C)C)cc1)c1c(ccc4oc5ccccc5c14)B3c1sc3ccc(C(C)(C)C)cc3c1N2c1ccc(C(C)(C)C)cc1. The third-order valence-electron chi connectivity index (χ3n) is 13.1. The normalized spacial score (nSPS) is 18.4. The van der Waals surface area contributed by atoms with Crippen molar-refractivity contribution >= 4 is 83.1 Å². The van der Waals surface area contributed by atoms with Crippen molar-refractivity contribution in [3.05, 3.63) is 143 Å². The first-order chi connectivity index (χ1) is 27.0. The van der Waals surface area contributed by atoms with Crippen molar-refractivity contribution < 1.29 is 4.42 Å². The Balaban J connectivity index is 1.34. The molecule has 3 aliphatic rings. The van der Waals surface area contributed by atoms with Crippen LogP contribution in [0.4, 0.5) is 22.7 Å². The van der Waals surface area contributed by atoms with Gasteiger partial charge in [0.2, 0.25) is 0 Å². The fourth-order valence-corrected chi connectivity index (χ4v) is 10.9. The molecule has 1 unspecified atom stereocenters. The van der Waals surface area contributed by atoms with E-state index in [4.69, 9.17) is 4.42 Å². The molecule has 0 saturated heterocycles. The van der Waals surface area contributed by atoms with Crippen molar-refractivity contribution in [3.8, 4) is 0 Å². The predicted octanol–water partition coefficient (Wildman–Crippen LogP) is 13.6. The quantitative estimate of drug-likeness (QED) is 0.164. The number of allylic oxidation sites excluding steroid dienone is 3. The van der Waals surface area contributed by atoms with Gasteiger partial charge in [-0.2, -0.15) is 0 Å². The summed E-state index contributed by atoms with van der Waals surface area (Å²) in [6.45, 7) is 25.7. The molecule has 1 aliphatic carbocycles. The van der Waals surface area contributed by atoms with Crippen LogP contribution in [0, 0.1) is 11.8 Å². The molecule has 0 amide bonds. The number of rotatable bonds is 2. The lowest BCUT2D eigenvalue weighted by molar-refractivity contribution is 0.507.